The molecule has 1 aliphatic carbocycles. The summed E-state index contributed by atoms with van der Waals surface area (Å²) in [6, 6.07) is 26.6. The van der Waals surface area contributed by atoms with Crippen molar-refractivity contribution in [2.75, 3.05) is 0 Å². The third-order valence-corrected chi connectivity index (χ3v) is 5.10. The number of Topliss-reactive ketones (excluding diaryl/α,β-unsaturated/α-hetero) is 3. The van der Waals surface area contributed by atoms with Gasteiger partial charge in [0.05, 0.1) is 0 Å². The van der Waals surface area contributed by atoms with Crippen LogP contribution in [0.25, 0.3) is 0 Å². The Bertz CT molecular complexity index is 840. The molecule has 3 aromatic rings. The first-order chi connectivity index (χ1) is 13.2. The molecular formula is C24H18O3. The average Bonchev–Trinajstić information content (AvgIpc) is 3.49. The van der Waals surface area contributed by atoms with Crippen molar-refractivity contribution in [2.45, 2.75) is 0 Å². The van der Waals surface area contributed by atoms with Crippen LogP contribution in [0.5, 0.6) is 0 Å². The molecule has 27 heavy (non-hydrogen) atoms. The van der Waals surface area contributed by atoms with Crippen LogP contribution >= 0.6 is 0 Å². The molecular weight excluding hydrogens is 336 g/mol. The Balaban J connectivity index is 1.67. The van der Waals surface area contributed by atoms with Crippen molar-refractivity contribution in [3.8, 4) is 0 Å². The Morgan fingerprint density at radius 1 is 0.407 bits per heavy atom. The number of ketones is 3. The van der Waals surface area contributed by atoms with Gasteiger partial charge in [0.25, 0.3) is 0 Å². The fourth-order valence-electron chi connectivity index (χ4n) is 3.67. The van der Waals surface area contributed by atoms with Crippen LogP contribution in [-0.2, 0) is 0 Å². The number of hydrogen-bond donors (Lipinski definition) is 0. The lowest BCUT2D eigenvalue weighted by Gasteiger charge is -2.00. The molecule has 0 N–H and O–H groups in total. The fraction of sp³-hybridized carbons (Fsp3) is 0.125. The van der Waals surface area contributed by atoms with Crippen LogP contribution in [0.3, 0.4) is 0 Å². The van der Waals surface area contributed by atoms with E-state index in [9.17, 15) is 14.4 Å². The first kappa shape index (κ1) is 17.1. The van der Waals surface area contributed by atoms with Crippen molar-refractivity contribution >= 4 is 17.3 Å². The molecule has 0 radical (unpaired) electrons. The van der Waals surface area contributed by atoms with E-state index in [2.05, 4.69) is 0 Å². The van der Waals surface area contributed by atoms with Gasteiger partial charge in [0.15, 0.2) is 17.3 Å². The summed E-state index contributed by atoms with van der Waals surface area (Å²) in [5.74, 6) is -2.23. The Labute approximate surface area is 157 Å². The molecule has 0 bridgehead atoms. The molecule has 0 atom stereocenters. The van der Waals surface area contributed by atoms with Crippen molar-refractivity contribution in [3.05, 3.63) is 108 Å². The van der Waals surface area contributed by atoms with Gasteiger partial charge in [-0.1, -0.05) is 91.0 Å². The summed E-state index contributed by atoms with van der Waals surface area (Å²) in [4.78, 5) is 39.0. The minimum atomic E-state index is -0.604. The van der Waals surface area contributed by atoms with Crippen LogP contribution in [0.15, 0.2) is 91.0 Å². The van der Waals surface area contributed by atoms with E-state index in [1.807, 2.05) is 18.2 Å². The molecule has 0 spiro atoms. The van der Waals surface area contributed by atoms with Gasteiger partial charge in [-0.15, -0.1) is 0 Å². The van der Waals surface area contributed by atoms with Gasteiger partial charge in [-0.25, -0.2) is 0 Å². The van der Waals surface area contributed by atoms with Gasteiger partial charge >= 0.3 is 0 Å². The molecule has 0 heterocycles. The van der Waals surface area contributed by atoms with Gasteiger partial charge in [0.1, 0.15) is 0 Å². The fourth-order valence-corrected chi connectivity index (χ4v) is 3.67. The number of carbonyl (C=O) groups excluding carboxylic acids is 3. The first-order valence-electron chi connectivity index (χ1n) is 8.96. The highest BCUT2D eigenvalue weighted by Crippen LogP contribution is 2.51. The normalized spacial score (nSPS) is 20.7. The van der Waals surface area contributed by atoms with E-state index < -0.39 is 17.8 Å². The second kappa shape index (κ2) is 7.12. The van der Waals surface area contributed by atoms with Crippen LogP contribution in [0.2, 0.25) is 0 Å². The predicted molar refractivity (Wildman–Crippen MR) is 103 cm³/mol. The summed E-state index contributed by atoms with van der Waals surface area (Å²) < 4.78 is 0. The molecule has 4 rings (SSSR count). The summed E-state index contributed by atoms with van der Waals surface area (Å²) in [5, 5.41) is 0. The Hall–Kier alpha value is -3.33. The molecule has 1 aliphatic rings. The van der Waals surface area contributed by atoms with Crippen LogP contribution in [-0.4, -0.2) is 17.3 Å². The Kier molecular flexibility index (Phi) is 4.51. The second-order valence-electron chi connectivity index (χ2n) is 6.77. The standard InChI is InChI=1S/C24H18O3/c25-22(16-10-4-1-5-11-16)19-20(23(26)17-12-6-2-7-13-17)21(19)24(27)18-14-8-3-9-15-18/h1-15,19-21H. The Morgan fingerprint density at radius 3 is 0.852 bits per heavy atom. The van der Waals surface area contributed by atoms with Crippen LogP contribution in [0, 0.1) is 17.8 Å². The second-order valence-corrected chi connectivity index (χ2v) is 6.77. The maximum atomic E-state index is 13.0. The minimum absolute atomic E-state index is 0.140. The van der Waals surface area contributed by atoms with Crippen molar-refractivity contribution in [3.63, 3.8) is 0 Å². The van der Waals surface area contributed by atoms with E-state index in [1.165, 1.54) is 0 Å². The van der Waals surface area contributed by atoms with E-state index in [-0.39, 0.29) is 17.3 Å². The van der Waals surface area contributed by atoms with Gasteiger partial charge in [-0.05, 0) is 0 Å². The maximum absolute atomic E-state index is 13.0. The zero-order valence-corrected chi connectivity index (χ0v) is 14.6. The van der Waals surface area contributed by atoms with Gasteiger partial charge in [0.2, 0.25) is 0 Å². The summed E-state index contributed by atoms with van der Waals surface area (Å²) in [6.07, 6.45) is 0. The topological polar surface area (TPSA) is 51.2 Å². The molecule has 3 aromatic carbocycles. The molecule has 1 fully saturated rings. The molecule has 3 nitrogen and oxygen atoms in total. The maximum Gasteiger partial charge on any atom is 0.167 e. The van der Waals surface area contributed by atoms with Gasteiger partial charge in [-0.2, -0.15) is 0 Å². The highest BCUT2D eigenvalue weighted by molar-refractivity contribution is 6.16. The summed E-state index contributed by atoms with van der Waals surface area (Å²) in [6.45, 7) is 0. The van der Waals surface area contributed by atoms with E-state index in [0.29, 0.717) is 16.7 Å². The average molecular weight is 354 g/mol. The predicted octanol–water partition coefficient (Wildman–Crippen LogP) is 4.50. The largest absolute Gasteiger partial charge is 0.294 e. The zero-order chi connectivity index (χ0) is 18.8. The van der Waals surface area contributed by atoms with E-state index in [4.69, 9.17) is 0 Å². The number of benzene rings is 3. The van der Waals surface area contributed by atoms with Crippen LogP contribution in [0.4, 0.5) is 0 Å². The summed E-state index contributed by atoms with van der Waals surface area (Å²) >= 11 is 0. The minimum Gasteiger partial charge on any atom is -0.294 e. The number of rotatable bonds is 6. The molecule has 3 heteroatoms. The smallest absolute Gasteiger partial charge is 0.167 e. The monoisotopic (exact) mass is 354 g/mol. The third kappa shape index (κ3) is 3.24. The lowest BCUT2D eigenvalue weighted by molar-refractivity contribution is 0.0906. The lowest BCUT2D eigenvalue weighted by atomic mass is 10.0. The molecule has 0 unspecified atom stereocenters. The van der Waals surface area contributed by atoms with Crippen molar-refractivity contribution in [2.24, 2.45) is 17.8 Å². The zero-order valence-electron chi connectivity index (χ0n) is 14.6. The quantitative estimate of drug-likeness (QED) is 0.613. The van der Waals surface area contributed by atoms with Crippen LogP contribution in [0.1, 0.15) is 31.1 Å². The van der Waals surface area contributed by atoms with Gasteiger partial charge in [-0.3, -0.25) is 14.4 Å². The lowest BCUT2D eigenvalue weighted by Crippen LogP contribution is -2.09. The van der Waals surface area contributed by atoms with Crippen molar-refractivity contribution in [1.82, 2.24) is 0 Å². The summed E-state index contributed by atoms with van der Waals surface area (Å²) in [5.41, 5.74) is 1.62. The number of carbonyl (C=O) groups is 3. The van der Waals surface area contributed by atoms with E-state index >= 15 is 0 Å². The summed E-state index contributed by atoms with van der Waals surface area (Å²) in [7, 11) is 0. The molecule has 0 aromatic heterocycles. The number of hydrogen-bond acceptors (Lipinski definition) is 3. The Morgan fingerprint density at radius 2 is 0.630 bits per heavy atom. The third-order valence-electron chi connectivity index (χ3n) is 5.10. The molecule has 0 saturated heterocycles. The molecule has 1 saturated carbocycles. The molecule has 0 aliphatic heterocycles. The van der Waals surface area contributed by atoms with Crippen molar-refractivity contribution in [1.29, 1.82) is 0 Å². The van der Waals surface area contributed by atoms with Gasteiger partial charge in [0, 0.05) is 34.4 Å². The van der Waals surface area contributed by atoms with Crippen LogP contribution < -0.4 is 0 Å². The van der Waals surface area contributed by atoms with E-state index in [0.717, 1.165) is 0 Å². The first-order valence-corrected chi connectivity index (χ1v) is 8.96. The van der Waals surface area contributed by atoms with Crippen molar-refractivity contribution < 1.29 is 14.4 Å². The van der Waals surface area contributed by atoms with E-state index in [1.54, 1.807) is 72.8 Å². The molecule has 0 amide bonds. The molecule has 132 valence electrons. The highest BCUT2D eigenvalue weighted by Gasteiger charge is 2.61. The van der Waals surface area contributed by atoms with Gasteiger partial charge < -0.3 is 0 Å². The highest BCUT2D eigenvalue weighted by atomic mass is 16.1. The SMILES string of the molecule is O=C(c1ccccc1)C1C(C(=O)c2ccccc2)C1C(=O)c1ccccc1.